The van der Waals surface area contributed by atoms with Crippen LogP contribution in [0.5, 0.6) is 5.75 Å². The van der Waals surface area contributed by atoms with Crippen molar-refractivity contribution in [3.05, 3.63) is 41.6 Å². The number of piperidine rings is 1. The monoisotopic (exact) mass is 439 g/mol. The second-order valence-electron chi connectivity index (χ2n) is 7.90. The van der Waals surface area contributed by atoms with Gasteiger partial charge in [-0.25, -0.2) is 14.4 Å². The normalized spacial score (nSPS) is 14.6. The number of halogens is 1. The average Bonchev–Trinajstić information content (AvgIpc) is 3.11. The Labute approximate surface area is 185 Å². The molecule has 4 rings (SSSR count). The predicted molar refractivity (Wildman–Crippen MR) is 118 cm³/mol. The second-order valence-corrected chi connectivity index (χ2v) is 7.90. The standard InChI is InChI=1S/C23H26FN5O3/c1-4-32-18-6-5-15(24)11-17(18)20-22-21(26-12-25-20)19(13(2)27-22)23(31)28-16-7-9-29(10-8-16)14(3)30/h5-6,11-12,16,27H,4,7-10H2,1-3H3,(H,28,31). The van der Waals surface area contributed by atoms with Gasteiger partial charge in [0.05, 0.1) is 17.7 Å². The van der Waals surface area contributed by atoms with Crippen LogP contribution in [0.25, 0.3) is 22.3 Å². The van der Waals surface area contributed by atoms with Crippen molar-refractivity contribution in [3.63, 3.8) is 0 Å². The molecule has 1 aromatic carbocycles. The number of aromatic nitrogens is 3. The molecule has 2 N–H and O–H groups in total. The predicted octanol–water partition coefficient (Wildman–Crippen LogP) is 3.21. The number of aromatic amines is 1. The summed E-state index contributed by atoms with van der Waals surface area (Å²) in [7, 11) is 0. The molecule has 1 aliphatic rings. The molecule has 3 heterocycles. The van der Waals surface area contributed by atoms with E-state index >= 15 is 0 Å². The van der Waals surface area contributed by atoms with E-state index in [9.17, 15) is 14.0 Å². The third-order valence-corrected chi connectivity index (χ3v) is 5.77. The van der Waals surface area contributed by atoms with Crippen LogP contribution in [0.15, 0.2) is 24.5 Å². The molecule has 0 bridgehead atoms. The molecule has 0 radical (unpaired) electrons. The molecule has 0 aliphatic carbocycles. The van der Waals surface area contributed by atoms with Crippen LogP contribution < -0.4 is 10.1 Å². The number of rotatable bonds is 5. The Morgan fingerprint density at radius 2 is 2.03 bits per heavy atom. The van der Waals surface area contributed by atoms with Gasteiger partial charge in [-0.2, -0.15) is 0 Å². The summed E-state index contributed by atoms with van der Waals surface area (Å²) < 4.78 is 19.7. The minimum Gasteiger partial charge on any atom is -0.493 e. The highest BCUT2D eigenvalue weighted by Crippen LogP contribution is 2.34. The summed E-state index contributed by atoms with van der Waals surface area (Å²) in [4.78, 5) is 38.4. The molecule has 0 atom stereocenters. The number of carbonyl (C=O) groups excluding carboxylic acids is 2. The van der Waals surface area contributed by atoms with Gasteiger partial charge < -0.3 is 19.9 Å². The van der Waals surface area contributed by atoms with E-state index in [0.717, 1.165) is 0 Å². The molecule has 2 amide bonds. The molecule has 1 fully saturated rings. The first-order chi connectivity index (χ1) is 15.4. The van der Waals surface area contributed by atoms with E-state index in [1.807, 2.05) is 6.92 Å². The molecule has 1 aliphatic heterocycles. The smallest absolute Gasteiger partial charge is 0.255 e. The SMILES string of the molecule is CCOc1ccc(F)cc1-c1ncnc2c(C(=O)NC3CCN(C(C)=O)CC3)c(C)[nH]c12. The van der Waals surface area contributed by atoms with Crippen LogP contribution in [-0.2, 0) is 4.79 Å². The topological polar surface area (TPSA) is 100 Å². The van der Waals surface area contributed by atoms with Crippen LogP contribution in [0.2, 0.25) is 0 Å². The Morgan fingerprint density at radius 1 is 1.28 bits per heavy atom. The van der Waals surface area contributed by atoms with Crippen LogP contribution in [0, 0.1) is 12.7 Å². The van der Waals surface area contributed by atoms with E-state index in [1.54, 1.807) is 24.8 Å². The number of carbonyl (C=O) groups is 2. The van der Waals surface area contributed by atoms with Gasteiger partial charge in [0.1, 0.15) is 29.1 Å². The average molecular weight is 439 g/mol. The third-order valence-electron chi connectivity index (χ3n) is 5.77. The van der Waals surface area contributed by atoms with Crippen molar-refractivity contribution in [1.29, 1.82) is 0 Å². The van der Waals surface area contributed by atoms with Crippen molar-refractivity contribution in [3.8, 4) is 17.0 Å². The molecule has 0 saturated carbocycles. The third kappa shape index (κ3) is 4.15. The summed E-state index contributed by atoms with van der Waals surface area (Å²) in [5, 5.41) is 3.07. The fourth-order valence-electron chi connectivity index (χ4n) is 4.17. The molecule has 168 valence electrons. The van der Waals surface area contributed by atoms with Crippen LogP contribution in [0.3, 0.4) is 0 Å². The Morgan fingerprint density at radius 3 is 2.72 bits per heavy atom. The second kappa shape index (κ2) is 8.94. The highest BCUT2D eigenvalue weighted by Gasteiger charge is 2.26. The van der Waals surface area contributed by atoms with E-state index in [2.05, 4.69) is 20.3 Å². The van der Waals surface area contributed by atoms with E-state index in [1.165, 1.54) is 18.5 Å². The van der Waals surface area contributed by atoms with E-state index in [0.29, 0.717) is 71.8 Å². The maximum Gasteiger partial charge on any atom is 0.255 e. The zero-order chi connectivity index (χ0) is 22.8. The van der Waals surface area contributed by atoms with Gasteiger partial charge in [-0.15, -0.1) is 0 Å². The van der Waals surface area contributed by atoms with Gasteiger partial charge in [0.25, 0.3) is 5.91 Å². The molecule has 3 aromatic rings. The lowest BCUT2D eigenvalue weighted by Crippen LogP contribution is -2.46. The lowest BCUT2D eigenvalue weighted by molar-refractivity contribution is -0.129. The summed E-state index contributed by atoms with van der Waals surface area (Å²) in [6.45, 7) is 6.88. The first kappa shape index (κ1) is 21.7. The number of aryl methyl sites for hydroxylation is 1. The zero-order valence-corrected chi connectivity index (χ0v) is 18.4. The van der Waals surface area contributed by atoms with Crippen LogP contribution in [0.1, 0.15) is 42.7 Å². The lowest BCUT2D eigenvalue weighted by Gasteiger charge is -2.31. The number of nitrogens with zero attached hydrogens (tertiary/aromatic N) is 3. The van der Waals surface area contributed by atoms with Gasteiger partial charge in [0.2, 0.25) is 5.91 Å². The van der Waals surface area contributed by atoms with Crippen molar-refractivity contribution in [2.24, 2.45) is 0 Å². The first-order valence-corrected chi connectivity index (χ1v) is 10.7. The minimum absolute atomic E-state index is 0.0171. The van der Waals surface area contributed by atoms with Gasteiger partial charge in [0.15, 0.2) is 0 Å². The van der Waals surface area contributed by atoms with Crippen LogP contribution in [0.4, 0.5) is 4.39 Å². The van der Waals surface area contributed by atoms with Crippen molar-refractivity contribution in [2.45, 2.75) is 39.7 Å². The van der Waals surface area contributed by atoms with Crippen molar-refractivity contribution < 1.29 is 18.7 Å². The largest absolute Gasteiger partial charge is 0.493 e. The van der Waals surface area contributed by atoms with Gasteiger partial charge in [-0.05, 0) is 44.9 Å². The fraction of sp³-hybridized carbons (Fsp3) is 0.391. The van der Waals surface area contributed by atoms with Crippen molar-refractivity contribution in [2.75, 3.05) is 19.7 Å². The number of hydrogen-bond acceptors (Lipinski definition) is 5. The van der Waals surface area contributed by atoms with Gasteiger partial charge in [-0.1, -0.05) is 0 Å². The van der Waals surface area contributed by atoms with E-state index in [4.69, 9.17) is 4.74 Å². The number of fused-ring (bicyclic) bond motifs is 1. The Hall–Kier alpha value is -3.49. The highest BCUT2D eigenvalue weighted by molar-refractivity contribution is 6.09. The molecule has 0 unspecified atom stereocenters. The molecular formula is C23H26FN5O3. The van der Waals surface area contributed by atoms with E-state index in [-0.39, 0.29) is 17.9 Å². The number of hydrogen-bond donors (Lipinski definition) is 2. The molecule has 8 nitrogen and oxygen atoms in total. The zero-order valence-electron chi connectivity index (χ0n) is 18.4. The van der Waals surface area contributed by atoms with E-state index < -0.39 is 5.82 Å². The number of amides is 2. The summed E-state index contributed by atoms with van der Waals surface area (Å²) in [6, 6.07) is 4.25. The molecule has 0 spiro atoms. The molecule has 2 aromatic heterocycles. The summed E-state index contributed by atoms with van der Waals surface area (Å²) >= 11 is 0. The number of likely N-dealkylation sites (tertiary alicyclic amines) is 1. The van der Waals surface area contributed by atoms with Crippen molar-refractivity contribution >= 4 is 22.8 Å². The highest BCUT2D eigenvalue weighted by atomic mass is 19.1. The van der Waals surface area contributed by atoms with Crippen LogP contribution in [-0.4, -0.2) is 57.4 Å². The maximum atomic E-state index is 14.0. The molecule has 1 saturated heterocycles. The minimum atomic E-state index is -0.409. The fourth-order valence-corrected chi connectivity index (χ4v) is 4.17. The van der Waals surface area contributed by atoms with Gasteiger partial charge in [0, 0.05) is 37.3 Å². The van der Waals surface area contributed by atoms with Gasteiger partial charge in [-0.3, -0.25) is 9.59 Å². The number of benzene rings is 1. The Balaban J connectivity index is 1.66. The number of nitrogens with one attached hydrogen (secondary N) is 2. The maximum absolute atomic E-state index is 14.0. The molecule has 9 heteroatoms. The first-order valence-electron chi connectivity index (χ1n) is 10.7. The summed E-state index contributed by atoms with van der Waals surface area (Å²) in [5.41, 5.74) is 3.06. The van der Waals surface area contributed by atoms with Gasteiger partial charge >= 0.3 is 0 Å². The number of ether oxygens (including phenoxy) is 1. The summed E-state index contributed by atoms with van der Waals surface area (Å²) in [5.74, 6) is -0.0862. The molecule has 32 heavy (non-hydrogen) atoms. The lowest BCUT2D eigenvalue weighted by atomic mass is 10.0. The molecular weight excluding hydrogens is 413 g/mol. The Bertz CT molecular complexity index is 1170. The quantitative estimate of drug-likeness (QED) is 0.636. The summed E-state index contributed by atoms with van der Waals surface area (Å²) in [6.07, 6.45) is 2.77. The van der Waals surface area contributed by atoms with Crippen LogP contribution >= 0.6 is 0 Å². The van der Waals surface area contributed by atoms with Crippen molar-refractivity contribution in [1.82, 2.24) is 25.2 Å². The Kier molecular flexibility index (Phi) is 6.07. The number of H-pyrrole nitrogens is 1.